The van der Waals surface area contributed by atoms with Crippen molar-refractivity contribution in [3.05, 3.63) is 23.3 Å². The molecule has 4 rings (SSSR count). The number of hydrogen-bond acceptors (Lipinski definition) is 1. The molecular weight excluding hydrogens is 364 g/mol. The maximum atomic E-state index is 10.2. The van der Waals surface area contributed by atoms with Gasteiger partial charge in [0.05, 0.1) is 6.10 Å². The van der Waals surface area contributed by atoms with Crippen molar-refractivity contribution in [2.45, 2.75) is 112 Å². The molecule has 0 aromatic rings. The summed E-state index contributed by atoms with van der Waals surface area (Å²) in [5, 5.41) is 10.2. The molecule has 1 N–H and O–H groups in total. The predicted octanol–water partition coefficient (Wildman–Crippen LogP) is 7.94. The van der Waals surface area contributed by atoms with E-state index in [-0.39, 0.29) is 6.10 Å². The summed E-state index contributed by atoms with van der Waals surface area (Å²) < 4.78 is 0. The Morgan fingerprint density at radius 3 is 2.43 bits per heavy atom. The first-order valence-electron chi connectivity index (χ1n) is 13.3. The number of aliphatic hydroxyl groups excluding tert-OH is 1. The summed E-state index contributed by atoms with van der Waals surface area (Å²) in [4.78, 5) is 0. The lowest BCUT2D eigenvalue weighted by molar-refractivity contribution is 0.0322. The van der Waals surface area contributed by atoms with Crippen LogP contribution in [0, 0.1) is 46.3 Å². The highest BCUT2D eigenvalue weighted by molar-refractivity contribution is 5.38. The highest BCUT2D eigenvalue weighted by atomic mass is 16.3. The normalized spacial score (nSPS) is 42.7. The monoisotopic (exact) mass is 412 g/mol. The van der Waals surface area contributed by atoms with E-state index in [0.29, 0.717) is 10.8 Å². The van der Waals surface area contributed by atoms with Gasteiger partial charge in [-0.25, -0.2) is 0 Å². The summed E-state index contributed by atoms with van der Waals surface area (Å²) in [6, 6.07) is 0. The molecule has 0 aliphatic heterocycles. The first kappa shape index (κ1) is 22.6. The van der Waals surface area contributed by atoms with E-state index < -0.39 is 0 Å². The van der Waals surface area contributed by atoms with Gasteiger partial charge in [-0.15, -0.1) is 0 Å². The Kier molecular flexibility index (Phi) is 6.35. The standard InChI is InChI=1S/C29H48O/c1-19(2)20(3)8-7-9-21(4)25-12-13-26-24-11-10-22-18-23(30)14-16-28(22,5)27(24)15-17-29(25,26)6/h10-11,19-21,23,25-27,30H,7-9,12-18H2,1-6H3/t20?,21-,23+,25-,26+,27+,28+,29-/m1/s1. The van der Waals surface area contributed by atoms with Gasteiger partial charge in [-0.3, -0.25) is 0 Å². The molecule has 0 bridgehead atoms. The smallest absolute Gasteiger partial charge is 0.0578 e. The second-order valence-corrected chi connectivity index (χ2v) is 12.6. The lowest BCUT2D eigenvalue weighted by atomic mass is 9.50. The third-order valence-corrected chi connectivity index (χ3v) is 10.8. The van der Waals surface area contributed by atoms with E-state index in [0.717, 1.165) is 48.3 Å². The summed E-state index contributed by atoms with van der Waals surface area (Å²) in [7, 11) is 0. The van der Waals surface area contributed by atoms with E-state index in [1.165, 1.54) is 51.4 Å². The fourth-order valence-corrected chi connectivity index (χ4v) is 8.25. The van der Waals surface area contributed by atoms with Crippen molar-refractivity contribution in [1.29, 1.82) is 0 Å². The van der Waals surface area contributed by atoms with Crippen molar-refractivity contribution < 1.29 is 5.11 Å². The molecule has 3 fully saturated rings. The minimum atomic E-state index is -0.108. The second-order valence-electron chi connectivity index (χ2n) is 12.6. The molecule has 3 saturated carbocycles. The molecule has 0 spiro atoms. The average Bonchev–Trinajstić information content (AvgIpc) is 3.05. The predicted molar refractivity (Wildman–Crippen MR) is 128 cm³/mol. The van der Waals surface area contributed by atoms with Crippen molar-refractivity contribution >= 4 is 0 Å². The SMILES string of the molecule is CC(C)C(C)CCC[C@@H](C)[C@H]1CC[C@H]2C3=CC=C4C[C@@H](O)CC[C@]4(C)[C@H]3CC[C@]12C. The Morgan fingerprint density at radius 2 is 1.70 bits per heavy atom. The van der Waals surface area contributed by atoms with Crippen molar-refractivity contribution in [2.75, 3.05) is 0 Å². The summed E-state index contributed by atoms with van der Waals surface area (Å²) in [5.41, 5.74) is 4.18. The third kappa shape index (κ3) is 3.76. The van der Waals surface area contributed by atoms with Gasteiger partial charge in [-0.2, -0.15) is 0 Å². The molecule has 8 atom stereocenters. The lowest BCUT2D eigenvalue weighted by Crippen LogP contribution is -2.46. The zero-order valence-corrected chi connectivity index (χ0v) is 20.7. The van der Waals surface area contributed by atoms with Gasteiger partial charge in [0.1, 0.15) is 0 Å². The minimum absolute atomic E-state index is 0.108. The minimum Gasteiger partial charge on any atom is -0.393 e. The van der Waals surface area contributed by atoms with Crippen LogP contribution in [0.5, 0.6) is 0 Å². The fraction of sp³-hybridized carbons (Fsp3) is 0.862. The Balaban J connectivity index is 1.47. The summed E-state index contributed by atoms with van der Waals surface area (Å²) in [6.07, 6.45) is 17.8. The van der Waals surface area contributed by atoms with E-state index in [9.17, 15) is 5.11 Å². The number of fused-ring (bicyclic) bond motifs is 5. The van der Waals surface area contributed by atoms with Crippen LogP contribution in [0.2, 0.25) is 0 Å². The molecule has 0 radical (unpaired) electrons. The number of hydrogen-bond donors (Lipinski definition) is 1. The summed E-state index contributed by atoms with van der Waals surface area (Å²) in [5.74, 6) is 5.01. The van der Waals surface area contributed by atoms with E-state index in [2.05, 4.69) is 53.7 Å². The zero-order valence-electron chi connectivity index (χ0n) is 20.7. The van der Waals surface area contributed by atoms with Crippen LogP contribution in [0.3, 0.4) is 0 Å². The molecule has 0 aromatic carbocycles. The van der Waals surface area contributed by atoms with Crippen LogP contribution in [0.15, 0.2) is 23.3 Å². The number of allylic oxidation sites excluding steroid dienone is 3. The first-order valence-corrected chi connectivity index (χ1v) is 13.3. The van der Waals surface area contributed by atoms with Crippen LogP contribution in [0.1, 0.15) is 106 Å². The quantitative estimate of drug-likeness (QED) is 0.469. The van der Waals surface area contributed by atoms with Crippen molar-refractivity contribution in [3.8, 4) is 0 Å². The van der Waals surface area contributed by atoms with Crippen molar-refractivity contribution in [1.82, 2.24) is 0 Å². The van der Waals surface area contributed by atoms with E-state index in [4.69, 9.17) is 0 Å². The average molecular weight is 413 g/mol. The summed E-state index contributed by atoms with van der Waals surface area (Å²) >= 11 is 0. The topological polar surface area (TPSA) is 20.2 Å². The summed E-state index contributed by atoms with van der Waals surface area (Å²) in [6.45, 7) is 14.9. The number of aliphatic hydroxyl groups is 1. The van der Waals surface area contributed by atoms with Gasteiger partial charge in [0.25, 0.3) is 0 Å². The van der Waals surface area contributed by atoms with Crippen molar-refractivity contribution in [2.24, 2.45) is 46.3 Å². The van der Waals surface area contributed by atoms with Crippen LogP contribution in [-0.2, 0) is 0 Å². The van der Waals surface area contributed by atoms with E-state index >= 15 is 0 Å². The Hall–Kier alpha value is -0.560. The Labute approximate surface area is 186 Å². The highest BCUT2D eigenvalue weighted by Gasteiger charge is 2.56. The van der Waals surface area contributed by atoms with Gasteiger partial charge in [0.15, 0.2) is 0 Å². The molecule has 0 aromatic heterocycles. The van der Waals surface area contributed by atoms with Crippen LogP contribution < -0.4 is 0 Å². The molecule has 4 aliphatic carbocycles. The molecule has 30 heavy (non-hydrogen) atoms. The van der Waals surface area contributed by atoms with Crippen LogP contribution >= 0.6 is 0 Å². The van der Waals surface area contributed by atoms with Crippen LogP contribution in [-0.4, -0.2) is 11.2 Å². The van der Waals surface area contributed by atoms with Crippen LogP contribution in [0.4, 0.5) is 0 Å². The van der Waals surface area contributed by atoms with Gasteiger partial charge in [0.2, 0.25) is 0 Å². The third-order valence-electron chi connectivity index (χ3n) is 10.8. The number of rotatable bonds is 6. The zero-order chi connectivity index (χ0) is 21.7. The van der Waals surface area contributed by atoms with E-state index in [1.54, 1.807) is 11.1 Å². The molecule has 0 amide bonds. The molecule has 0 heterocycles. The van der Waals surface area contributed by atoms with Gasteiger partial charge in [-0.1, -0.05) is 84.1 Å². The maximum absolute atomic E-state index is 10.2. The fourth-order valence-electron chi connectivity index (χ4n) is 8.25. The van der Waals surface area contributed by atoms with Gasteiger partial charge in [0, 0.05) is 0 Å². The largest absolute Gasteiger partial charge is 0.393 e. The first-order chi connectivity index (χ1) is 14.2. The van der Waals surface area contributed by atoms with Crippen molar-refractivity contribution in [3.63, 3.8) is 0 Å². The van der Waals surface area contributed by atoms with Gasteiger partial charge >= 0.3 is 0 Å². The molecule has 1 nitrogen and oxygen atoms in total. The molecule has 170 valence electrons. The second kappa shape index (κ2) is 8.42. The molecule has 1 unspecified atom stereocenters. The maximum Gasteiger partial charge on any atom is 0.0578 e. The van der Waals surface area contributed by atoms with Crippen LogP contribution in [0.25, 0.3) is 0 Å². The van der Waals surface area contributed by atoms with E-state index in [1.807, 2.05) is 0 Å². The molecule has 0 saturated heterocycles. The molecule has 4 aliphatic rings. The van der Waals surface area contributed by atoms with Gasteiger partial charge in [-0.05, 0) is 91.3 Å². The lowest BCUT2D eigenvalue weighted by Gasteiger charge is -2.55. The molecular formula is C29H48O. The Morgan fingerprint density at radius 1 is 0.933 bits per heavy atom. The highest BCUT2D eigenvalue weighted by Crippen LogP contribution is 2.66. The molecule has 1 heteroatoms. The Bertz CT molecular complexity index is 686. The van der Waals surface area contributed by atoms with Gasteiger partial charge < -0.3 is 5.11 Å².